The summed E-state index contributed by atoms with van der Waals surface area (Å²) in [5.41, 5.74) is 4.93. The van der Waals surface area contributed by atoms with E-state index in [0.29, 0.717) is 31.4 Å². The lowest BCUT2D eigenvalue weighted by atomic mass is 9.97. The predicted molar refractivity (Wildman–Crippen MR) is 223 cm³/mol. The van der Waals surface area contributed by atoms with Crippen molar-refractivity contribution in [2.24, 2.45) is 5.92 Å². The van der Waals surface area contributed by atoms with Gasteiger partial charge in [-0.25, -0.2) is 9.89 Å². The number of ether oxygens (including phenoxy) is 2. The molecule has 2 atom stereocenters. The molecule has 0 radical (unpaired) electrons. The largest absolute Gasteiger partial charge is 0.491 e. The van der Waals surface area contributed by atoms with Gasteiger partial charge in [0.15, 0.2) is 5.82 Å². The number of carboxylic acid groups (broad SMARTS) is 3. The first kappa shape index (κ1) is 49.4. The number of aliphatic carboxylic acids is 3. The number of nitrogens with zero attached hydrogens (tertiary/aromatic N) is 4. The molecule has 0 bridgehead atoms. The molecule has 0 aliphatic carbocycles. The maximum atomic E-state index is 12.9. The van der Waals surface area contributed by atoms with Crippen molar-refractivity contribution in [3.8, 4) is 28.3 Å². The van der Waals surface area contributed by atoms with Gasteiger partial charge in [0.05, 0.1) is 19.4 Å². The van der Waals surface area contributed by atoms with E-state index in [9.17, 15) is 29.4 Å². The summed E-state index contributed by atoms with van der Waals surface area (Å²) in [6.07, 6.45) is 1.79. The highest BCUT2D eigenvalue weighted by Crippen LogP contribution is 2.30. The molecular formula is C43H60N6O10. The number of aromatic amines is 1. The second kappa shape index (κ2) is 27.1. The van der Waals surface area contributed by atoms with Crippen LogP contribution in [0, 0.1) is 5.92 Å². The second-order valence-corrected chi connectivity index (χ2v) is 14.3. The number of hydrogen-bond acceptors (Lipinski definition) is 11. The Morgan fingerprint density at radius 1 is 0.831 bits per heavy atom. The summed E-state index contributed by atoms with van der Waals surface area (Å²) in [7, 11) is 1.70. The zero-order valence-corrected chi connectivity index (χ0v) is 34.8. The Morgan fingerprint density at radius 2 is 1.44 bits per heavy atom. The number of amides is 1. The number of aliphatic hydroxyl groups excluding tert-OH is 1. The second-order valence-electron chi connectivity index (χ2n) is 14.3. The first-order chi connectivity index (χ1) is 28.2. The first-order valence-electron chi connectivity index (χ1n) is 19.7. The molecule has 3 aromatic carbocycles. The van der Waals surface area contributed by atoms with Crippen molar-refractivity contribution in [2.45, 2.75) is 97.9 Å². The zero-order chi connectivity index (χ0) is 43.7. The van der Waals surface area contributed by atoms with Crippen LogP contribution in [0.3, 0.4) is 0 Å². The van der Waals surface area contributed by atoms with Crippen molar-refractivity contribution >= 4 is 23.8 Å². The summed E-state index contributed by atoms with van der Waals surface area (Å²) >= 11 is 0. The number of hydrogen-bond donors (Lipinski definition) is 6. The van der Waals surface area contributed by atoms with E-state index >= 15 is 0 Å². The van der Waals surface area contributed by atoms with Gasteiger partial charge in [0.25, 0.3) is 0 Å². The van der Waals surface area contributed by atoms with Crippen molar-refractivity contribution in [1.82, 2.24) is 30.8 Å². The summed E-state index contributed by atoms with van der Waals surface area (Å²) in [4.78, 5) is 45.6. The van der Waals surface area contributed by atoms with Crippen molar-refractivity contribution in [2.75, 3.05) is 26.9 Å². The van der Waals surface area contributed by atoms with Crippen molar-refractivity contribution in [3.05, 3.63) is 83.9 Å². The summed E-state index contributed by atoms with van der Waals surface area (Å²) in [5.74, 6) is -2.08. The average molecular weight is 821 g/mol. The van der Waals surface area contributed by atoms with Crippen LogP contribution >= 0.6 is 0 Å². The van der Waals surface area contributed by atoms with Crippen LogP contribution in [0.2, 0.25) is 0 Å². The third-order valence-electron chi connectivity index (χ3n) is 8.71. The number of carbonyl (C=O) groups is 4. The third-order valence-corrected chi connectivity index (χ3v) is 8.71. The van der Waals surface area contributed by atoms with Gasteiger partial charge in [-0.05, 0) is 63.6 Å². The number of H-pyrrole nitrogens is 1. The topological polar surface area (TPSA) is 237 Å². The summed E-state index contributed by atoms with van der Waals surface area (Å²) < 4.78 is 10.6. The molecule has 0 saturated carbocycles. The fraction of sp³-hybridized carbons (Fsp3) is 0.465. The van der Waals surface area contributed by atoms with Crippen molar-refractivity contribution in [1.29, 1.82) is 0 Å². The van der Waals surface area contributed by atoms with Gasteiger partial charge >= 0.3 is 17.9 Å². The van der Waals surface area contributed by atoms with Crippen molar-refractivity contribution < 1.29 is 49.1 Å². The number of carboxylic acids is 3. The molecule has 1 heterocycles. The maximum absolute atomic E-state index is 12.9. The van der Waals surface area contributed by atoms with Crippen LogP contribution in [0.5, 0.6) is 5.75 Å². The molecule has 1 aromatic heterocycles. The van der Waals surface area contributed by atoms with Gasteiger partial charge in [-0.2, -0.15) is 0 Å². The summed E-state index contributed by atoms with van der Waals surface area (Å²) in [6.45, 7) is 11.6. The molecular weight excluding hydrogens is 761 g/mol. The Kier molecular flexibility index (Phi) is 22.7. The minimum Gasteiger partial charge on any atom is -0.491 e. The molecule has 0 spiro atoms. The van der Waals surface area contributed by atoms with Crippen LogP contribution in [-0.2, 0) is 36.9 Å². The normalized spacial score (nSPS) is 11.7. The lowest BCUT2D eigenvalue weighted by Gasteiger charge is -2.32. The Labute approximate surface area is 346 Å². The minimum atomic E-state index is -1.08. The van der Waals surface area contributed by atoms with Gasteiger partial charge in [-0.15, -0.1) is 5.10 Å². The highest BCUT2D eigenvalue weighted by Gasteiger charge is 2.32. The number of aromatic nitrogens is 4. The summed E-state index contributed by atoms with van der Waals surface area (Å²) in [6, 6.07) is 23.0. The van der Waals surface area contributed by atoms with Gasteiger partial charge in [0, 0.05) is 38.2 Å². The number of carbonyl (C=O) groups excluding carboxylic acids is 1. The molecule has 16 heteroatoms. The van der Waals surface area contributed by atoms with Crippen LogP contribution in [0.15, 0.2) is 72.8 Å². The number of aliphatic hydroxyl groups is 1. The fourth-order valence-corrected chi connectivity index (χ4v) is 5.60. The highest BCUT2D eigenvalue weighted by molar-refractivity contribution is 5.84. The lowest BCUT2D eigenvalue weighted by Crippen LogP contribution is -2.47. The van der Waals surface area contributed by atoms with E-state index in [1.54, 1.807) is 7.11 Å². The molecule has 0 aliphatic rings. The van der Waals surface area contributed by atoms with Crippen molar-refractivity contribution in [3.63, 3.8) is 0 Å². The van der Waals surface area contributed by atoms with Crippen LogP contribution in [0.1, 0.15) is 77.8 Å². The van der Waals surface area contributed by atoms with E-state index in [0.717, 1.165) is 53.9 Å². The molecule has 0 saturated heterocycles. The van der Waals surface area contributed by atoms with E-state index in [2.05, 4.69) is 25.9 Å². The minimum absolute atomic E-state index is 0.125. The number of benzene rings is 3. The molecule has 1 unspecified atom stereocenters. The van der Waals surface area contributed by atoms with Gasteiger partial charge in [-0.3, -0.25) is 14.4 Å². The molecule has 322 valence electrons. The Morgan fingerprint density at radius 3 is 1.95 bits per heavy atom. The molecule has 16 nitrogen and oxygen atoms in total. The van der Waals surface area contributed by atoms with E-state index in [-0.39, 0.29) is 31.2 Å². The lowest BCUT2D eigenvalue weighted by molar-refractivity contribution is -0.153. The van der Waals surface area contributed by atoms with E-state index < -0.39 is 30.1 Å². The SMILES string of the molecule is CCCCC(=O)N(Cc1ccc(-c2ccccc2-c2nnn[nH]2)cc1)[C@H](C(=O)O)C(C)C.COCCc1ccc(OCC(O)CNC(C)C)cc1.O=C(O)CCC(=O)O. The Hall–Kier alpha value is -5.71. The van der Waals surface area contributed by atoms with E-state index in [4.69, 9.17) is 19.7 Å². The predicted octanol–water partition coefficient (Wildman–Crippen LogP) is 5.71. The summed E-state index contributed by atoms with van der Waals surface area (Å²) in [5, 5.41) is 52.6. The third kappa shape index (κ3) is 19.1. The smallest absolute Gasteiger partial charge is 0.326 e. The fourth-order valence-electron chi connectivity index (χ4n) is 5.60. The molecule has 0 aliphatic heterocycles. The Bertz CT molecular complexity index is 1810. The molecule has 6 N–H and O–H groups in total. The number of rotatable bonds is 22. The molecule has 4 rings (SSSR count). The van der Waals surface area contributed by atoms with E-state index in [1.807, 2.05) is 107 Å². The van der Waals surface area contributed by atoms with Crippen LogP contribution < -0.4 is 10.1 Å². The average Bonchev–Trinajstić information content (AvgIpc) is 3.76. The quantitative estimate of drug-likeness (QED) is 0.0557. The highest BCUT2D eigenvalue weighted by atomic mass is 16.5. The van der Waals surface area contributed by atoms with Gasteiger partial charge < -0.3 is 40.1 Å². The van der Waals surface area contributed by atoms with Crippen LogP contribution in [-0.4, -0.2) is 115 Å². The van der Waals surface area contributed by atoms with Gasteiger partial charge in [-0.1, -0.05) is 102 Å². The van der Waals surface area contributed by atoms with E-state index in [1.165, 1.54) is 10.5 Å². The molecule has 0 fully saturated rings. The zero-order valence-electron chi connectivity index (χ0n) is 34.8. The number of unbranched alkanes of at least 4 members (excludes halogenated alkanes) is 1. The number of methoxy groups -OCH3 is 1. The molecule has 59 heavy (non-hydrogen) atoms. The van der Waals surface area contributed by atoms with Crippen LogP contribution in [0.4, 0.5) is 0 Å². The maximum Gasteiger partial charge on any atom is 0.326 e. The van der Waals surface area contributed by atoms with Gasteiger partial charge in [0.2, 0.25) is 5.91 Å². The molecule has 1 amide bonds. The Balaban J connectivity index is 0.000000374. The monoisotopic (exact) mass is 820 g/mol. The van der Waals surface area contributed by atoms with Crippen LogP contribution in [0.25, 0.3) is 22.5 Å². The number of nitrogens with one attached hydrogen (secondary N) is 2. The van der Waals surface area contributed by atoms with Gasteiger partial charge in [0.1, 0.15) is 24.5 Å². The standard InChI is InChI=1S/C24H29N5O3.C15H25NO3.C4H6O4/c1-4-5-10-21(30)29(22(16(2)3)24(31)32)15-17-11-13-18(14-12-17)19-8-6-7-9-20(19)23-25-27-28-26-23;1-12(2)16-10-14(17)11-19-15-6-4-13(5-7-15)8-9-18-3;5-3(6)1-2-4(7)8/h6-9,11-14,16,22H,4-5,10,15H2,1-3H3,(H,31,32)(H,25,26,27,28);4-7,12,14,16-17H,8-11H2,1-3H3;1-2H2,(H,5,6)(H,7,8)/t22-;;/m0../s1. The molecule has 4 aromatic rings. The number of tetrazole rings is 1. The first-order valence-corrected chi connectivity index (χ1v) is 19.7.